The SMILES string of the molecule is O=S(=O)(O[Si](CF)(CF)CF)O[Si](CF)(CF)CF. The van der Waals surface area contributed by atoms with E-state index in [9.17, 15) is 34.8 Å². The minimum atomic E-state index is -5.29. The number of alkyl halides is 6. The summed E-state index contributed by atoms with van der Waals surface area (Å²) in [4.78, 5) is 0. The molecular formula is C6H12F6O4SSi2. The number of hydrogen-bond donors (Lipinski definition) is 0. The molecular weight excluding hydrogens is 338 g/mol. The van der Waals surface area contributed by atoms with E-state index in [0.29, 0.717) is 0 Å². The fourth-order valence-electron chi connectivity index (χ4n) is 0.798. The van der Waals surface area contributed by atoms with Crippen LogP contribution >= 0.6 is 0 Å². The first kappa shape index (κ1) is 18.9. The molecule has 13 heteroatoms. The molecule has 0 heterocycles. The van der Waals surface area contributed by atoms with Crippen molar-refractivity contribution >= 4 is 27.0 Å². The van der Waals surface area contributed by atoms with Crippen molar-refractivity contribution in [3.05, 3.63) is 0 Å². The van der Waals surface area contributed by atoms with Crippen LogP contribution in [0.3, 0.4) is 0 Å². The molecule has 0 aliphatic rings. The van der Waals surface area contributed by atoms with Crippen molar-refractivity contribution in [2.45, 2.75) is 0 Å². The number of halogens is 6. The van der Waals surface area contributed by atoms with Crippen LogP contribution in [0.2, 0.25) is 0 Å². The minimum absolute atomic E-state index is 1.72. The zero-order valence-corrected chi connectivity index (χ0v) is 12.4. The van der Waals surface area contributed by atoms with Gasteiger partial charge in [-0.2, -0.15) is 8.42 Å². The predicted molar refractivity (Wildman–Crippen MR) is 58.4 cm³/mol. The van der Waals surface area contributed by atoms with Gasteiger partial charge in [0.15, 0.2) is 0 Å². The highest BCUT2D eigenvalue weighted by atomic mass is 32.3. The van der Waals surface area contributed by atoms with Crippen molar-refractivity contribution in [3.8, 4) is 0 Å². The lowest BCUT2D eigenvalue weighted by molar-refractivity contribution is 0.322. The van der Waals surface area contributed by atoms with Gasteiger partial charge >= 0.3 is 27.0 Å². The third-order valence-electron chi connectivity index (χ3n) is 2.02. The molecule has 0 rings (SSSR count). The van der Waals surface area contributed by atoms with Crippen molar-refractivity contribution in [3.63, 3.8) is 0 Å². The molecule has 0 aromatic carbocycles. The normalized spacial score (nSPS) is 13.8. The van der Waals surface area contributed by atoms with E-state index in [1.54, 1.807) is 0 Å². The first-order chi connectivity index (χ1) is 8.78. The highest BCUT2D eigenvalue weighted by molar-refractivity contribution is 7.84. The van der Waals surface area contributed by atoms with Crippen LogP contribution in [0.25, 0.3) is 0 Å². The molecule has 0 unspecified atom stereocenters. The van der Waals surface area contributed by atoms with E-state index < -0.39 is 64.8 Å². The monoisotopic (exact) mass is 350 g/mol. The highest BCUT2D eigenvalue weighted by Gasteiger charge is 2.47. The first-order valence-electron chi connectivity index (χ1n) is 4.80. The average Bonchev–Trinajstić information content (AvgIpc) is 2.42. The summed E-state index contributed by atoms with van der Waals surface area (Å²) in [6, 6.07) is 0. The van der Waals surface area contributed by atoms with Gasteiger partial charge in [0.2, 0.25) is 0 Å². The summed E-state index contributed by atoms with van der Waals surface area (Å²) in [5, 5.41) is 0. The minimum Gasteiger partial charge on any atom is -0.286 e. The zero-order valence-electron chi connectivity index (χ0n) is 9.55. The Labute approximate surface area is 108 Å². The van der Waals surface area contributed by atoms with Gasteiger partial charge in [0, 0.05) is 0 Å². The Kier molecular flexibility index (Phi) is 7.56. The predicted octanol–water partition coefficient (Wildman–Crippen LogP) is 1.21. The Balaban J connectivity index is 5.09. The van der Waals surface area contributed by atoms with Gasteiger partial charge in [-0.1, -0.05) is 0 Å². The Morgan fingerprint density at radius 2 is 0.842 bits per heavy atom. The summed E-state index contributed by atoms with van der Waals surface area (Å²) in [7, 11) is -14.4. The van der Waals surface area contributed by atoms with Crippen LogP contribution < -0.4 is 0 Å². The van der Waals surface area contributed by atoms with Gasteiger partial charge in [0.25, 0.3) is 0 Å². The fourth-order valence-corrected chi connectivity index (χ4v) is 6.20. The molecule has 0 aromatic rings. The van der Waals surface area contributed by atoms with Gasteiger partial charge < -0.3 is 0 Å². The zero-order chi connectivity index (χ0) is 15.2. The van der Waals surface area contributed by atoms with E-state index in [1.165, 1.54) is 0 Å². The van der Waals surface area contributed by atoms with Crippen molar-refractivity contribution in [2.24, 2.45) is 0 Å². The molecule has 19 heavy (non-hydrogen) atoms. The molecule has 0 saturated heterocycles. The first-order valence-corrected chi connectivity index (χ1v) is 11.2. The van der Waals surface area contributed by atoms with Crippen LogP contribution in [-0.2, 0) is 18.1 Å². The third-order valence-corrected chi connectivity index (χ3v) is 9.40. The second kappa shape index (κ2) is 7.61. The maximum Gasteiger partial charge on any atom is 0.380 e. The molecule has 116 valence electrons. The van der Waals surface area contributed by atoms with Crippen molar-refractivity contribution < 1.29 is 42.5 Å². The molecule has 0 radical (unpaired) electrons. The van der Waals surface area contributed by atoms with Crippen molar-refractivity contribution in [2.75, 3.05) is 37.8 Å². The Hall–Kier alpha value is -0.116. The van der Waals surface area contributed by atoms with Crippen molar-refractivity contribution in [1.29, 1.82) is 0 Å². The van der Waals surface area contributed by atoms with Crippen LogP contribution in [-0.4, -0.2) is 62.8 Å². The second-order valence-electron chi connectivity index (χ2n) is 3.74. The van der Waals surface area contributed by atoms with E-state index >= 15 is 0 Å². The fraction of sp³-hybridized carbons (Fsp3) is 1.00. The van der Waals surface area contributed by atoms with Crippen LogP contribution in [0.5, 0.6) is 0 Å². The van der Waals surface area contributed by atoms with Crippen LogP contribution in [0, 0.1) is 0 Å². The number of hydrogen-bond acceptors (Lipinski definition) is 4. The maximum atomic E-state index is 12.4. The smallest absolute Gasteiger partial charge is 0.286 e. The van der Waals surface area contributed by atoms with Gasteiger partial charge in [-0.05, 0) is 0 Å². The molecule has 0 saturated carbocycles. The third kappa shape index (κ3) is 5.05. The lowest BCUT2D eigenvalue weighted by Gasteiger charge is -2.25. The molecule has 0 bridgehead atoms. The Morgan fingerprint density at radius 1 is 0.632 bits per heavy atom. The summed E-state index contributed by atoms with van der Waals surface area (Å²) >= 11 is 0. The molecule has 0 atom stereocenters. The molecule has 0 fully saturated rings. The van der Waals surface area contributed by atoms with Gasteiger partial charge in [-0.15, -0.1) is 0 Å². The highest BCUT2D eigenvalue weighted by Crippen LogP contribution is 2.19. The molecule has 0 spiro atoms. The van der Waals surface area contributed by atoms with Crippen LogP contribution in [0.4, 0.5) is 26.3 Å². The Morgan fingerprint density at radius 3 is 1.00 bits per heavy atom. The van der Waals surface area contributed by atoms with E-state index in [0.717, 1.165) is 0 Å². The second-order valence-corrected chi connectivity index (χ2v) is 12.2. The summed E-state index contributed by atoms with van der Waals surface area (Å²) in [5.41, 5.74) is 0. The molecule has 0 aliphatic heterocycles. The molecule has 4 nitrogen and oxygen atoms in total. The van der Waals surface area contributed by atoms with Gasteiger partial charge in [0.1, 0.15) is 37.8 Å². The van der Waals surface area contributed by atoms with Crippen LogP contribution in [0.1, 0.15) is 0 Å². The van der Waals surface area contributed by atoms with Gasteiger partial charge in [0.05, 0.1) is 0 Å². The molecule has 0 aliphatic carbocycles. The Bertz CT molecular complexity index is 316. The average molecular weight is 350 g/mol. The van der Waals surface area contributed by atoms with E-state index in [4.69, 9.17) is 0 Å². The van der Waals surface area contributed by atoms with E-state index in [2.05, 4.69) is 7.74 Å². The van der Waals surface area contributed by atoms with Gasteiger partial charge in [-0.25, -0.2) is 0 Å². The maximum absolute atomic E-state index is 12.4. The molecule has 0 aromatic heterocycles. The summed E-state index contributed by atoms with van der Waals surface area (Å²) in [6.07, 6.45) is -10.3. The number of rotatable bonds is 10. The quantitative estimate of drug-likeness (QED) is 0.439. The summed E-state index contributed by atoms with van der Waals surface area (Å²) < 4.78 is 105. The van der Waals surface area contributed by atoms with Gasteiger partial charge in [-0.3, -0.25) is 34.1 Å². The molecule has 0 amide bonds. The lowest BCUT2D eigenvalue weighted by Crippen LogP contribution is -2.54. The summed E-state index contributed by atoms with van der Waals surface area (Å²) in [5.74, 6) is 0. The molecule has 0 N–H and O–H groups in total. The van der Waals surface area contributed by atoms with Crippen molar-refractivity contribution in [1.82, 2.24) is 0 Å². The largest absolute Gasteiger partial charge is 0.380 e. The lowest BCUT2D eigenvalue weighted by atomic mass is 11.7. The topological polar surface area (TPSA) is 52.6 Å². The standard InChI is InChI=1S/C6H12F6O4SSi2/c7-1-18(2-8,3-9)15-17(13,14)16-19(4-10,5-11)6-12/h1-6H2. The van der Waals surface area contributed by atoms with Crippen LogP contribution in [0.15, 0.2) is 0 Å². The van der Waals surface area contributed by atoms with E-state index in [-0.39, 0.29) is 0 Å². The summed E-state index contributed by atoms with van der Waals surface area (Å²) in [6.45, 7) is 0. The van der Waals surface area contributed by atoms with E-state index in [1.807, 2.05) is 0 Å².